The zero-order chi connectivity index (χ0) is 31.3. The lowest BCUT2D eigenvalue weighted by molar-refractivity contribution is -0.158. The molecule has 2 aliphatic rings. The molecule has 1 saturated heterocycles. The average Bonchev–Trinajstić information content (AvgIpc) is 3.38. The number of likely N-dealkylation sites (tertiary alicyclic amines) is 1. The minimum atomic E-state index is -3.40. The second-order valence-electron chi connectivity index (χ2n) is 11.4. The van der Waals surface area contributed by atoms with E-state index in [2.05, 4.69) is 14.9 Å². The lowest BCUT2D eigenvalue weighted by Gasteiger charge is -2.35. The average molecular weight is 612 g/mol. The summed E-state index contributed by atoms with van der Waals surface area (Å²) in [5, 5.41) is 7.81. The summed E-state index contributed by atoms with van der Waals surface area (Å²) in [5.74, 6) is -5.87. The molecule has 232 valence electrons. The van der Waals surface area contributed by atoms with Gasteiger partial charge in [-0.1, -0.05) is 19.1 Å². The standard InChI is InChI=1S/C29H31F6N5O3/c1-4-39-14-17(11-29(34,35)15-39)24-37-38-25(42-24)19-9-23-20(10-21(19)30)27(2,31)12-22(36)26(41)40(23)13-16-5-7-18(8-6-16)43-28(3,32)33/h5-10,17,22H,4,11-15,36H2,1-3H3/t17?,22-,27+/m0/s1. The number of piperidine rings is 1. The van der Waals surface area contributed by atoms with Gasteiger partial charge in [0.2, 0.25) is 11.8 Å². The molecule has 0 aliphatic carbocycles. The van der Waals surface area contributed by atoms with Crippen molar-refractivity contribution in [2.45, 2.75) is 69.8 Å². The largest absolute Gasteiger partial charge is 0.433 e. The molecule has 14 heteroatoms. The van der Waals surface area contributed by atoms with Crippen LogP contribution in [0.3, 0.4) is 0 Å². The second-order valence-corrected chi connectivity index (χ2v) is 11.4. The number of aromatic nitrogens is 2. The van der Waals surface area contributed by atoms with E-state index in [4.69, 9.17) is 10.2 Å². The molecule has 3 aromatic rings. The van der Waals surface area contributed by atoms with Crippen molar-refractivity contribution in [2.75, 3.05) is 24.5 Å². The first-order chi connectivity index (χ1) is 20.0. The summed E-state index contributed by atoms with van der Waals surface area (Å²) >= 11 is 0. The highest BCUT2D eigenvalue weighted by Crippen LogP contribution is 2.44. The van der Waals surface area contributed by atoms with Gasteiger partial charge in [0.05, 0.1) is 36.3 Å². The summed E-state index contributed by atoms with van der Waals surface area (Å²) in [5.41, 5.74) is 3.89. The van der Waals surface area contributed by atoms with E-state index in [0.29, 0.717) is 19.0 Å². The van der Waals surface area contributed by atoms with E-state index in [0.717, 1.165) is 6.07 Å². The topological polar surface area (TPSA) is 97.7 Å². The fourth-order valence-electron chi connectivity index (χ4n) is 5.62. The van der Waals surface area contributed by atoms with E-state index in [1.54, 1.807) is 11.8 Å². The third kappa shape index (κ3) is 6.64. The maximum absolute atomic E-state index is 15.9. The predicted octanol–water partition coefficient (Wildman–Crippen LogP) is 5.76. The molecule has 5 rings (SSSR count). The molecule has 1 unspecified atom stereocenters. The molecule has 0 radical (unpaired) electrons. The van der Waals surface area contributed by atoms with E-state index in [1.165, 1.54) is 42.2 Å². The van der Waals surface area contributed by atoms with Gasteiger partial charge in [-0.05, 0) is 43.3 Å². The number of alkyl halides is 5. The lowest BCUT2D eigenvalue weighted by Crippen LogP contribution is -2.46. The van der Waals surface area contributed by atoms with Crippen LogP contribution in [0.4, 0.5) is 32.0 Å². The smallest absolute Gasteiger partial charge is 0.394 e. The van der Waals surface area contributed by atoms with Crippen LogP contribution in [0.2, 0.25) is 0 Å². The molecule has 43 heavy (non-hydrogen) atoms. The summed E-state index contributed by atoms with van der Waals surface area (Å²) in [6, 6.07) is 6.33. The molecule has 2 aliphatic heterocycles. The maximum Gasteiger partial charge on any atom is 0.394 e. The number of benzene rings is 2. The Kier molecular flexibility index (Phi) is 7.97. The van der Waals surface area contributed by atoms with Gasteiger partial charge in [-0.2, -0.15) is 8.78 Å². The van der Waals surface area contributed by atoms with Gasteiger partial charge in [-0.15, -0.1) is 10.2 Å². The highest BCUT2D eigenvalue weighted by Gasteiger charge is 2.44. The predicted molar refractivity (Wildman–Crippen MR) is 144 cm³/mol. The number of nitrogens with zero attached hydrogens (tertiary/aromatic N) is 4. The van der Waals surface area contributed by atoms with Gasteiger partial charge < -0.3 is 19.8 Å². The maximum atomic E-state index is 15.9. The quantitative estimate of drug-likeness (QED) is 0.340. The highest BCUT2D eigenvalue weighted by atomic mass is 19.3. The van der Waals surface area contributed by atoms with Gasteiger partial charge in [-0.25, -0.2) is 17.6 Å². The Morgan fingerprint density at radius 2 is 1.84 bits per heavy atom. The summed E-state index contributed by atoms with van der Waals surface area (Å²) in [6.45, 7) is 3.62. The summed E-state index contributed by atoms with van der Waals surface area (Å²) in [6.07, 6.45) is -4.35. The van der Waals surface area contributed by atoms with Crippen molar-refractivity contribution in [3.05, 3.63) is 59.2 Å². The third-order valence-electron chi connectivity index (χ3n) is 7.63. The first kappa shape index (κ1) is 30.8. The Bertz CT molecular complexity index is 1490. The van der Waals surface area contributed by atoms with Crippen LogP contribution in [-0.2, 0) is 17.0 Å². The number of nitrogens with two attached hydrogens (primary N) is 1. The van der Waals surface area contributed by atoms with Gasteiger partial charge >= 0.3 is 6.11 Å². The van der Waals surface area contributed by atoms with Crippen molar-refractivity contribution in [3.63, 3.8) is 0 Å². The first-order valence-electron chi connectivity index (χ1n) is 13.7. The number of anilines is 1. The first-order valence-corrected chi connectivity index (χ1v) is 13.7. The van der Waals surface area contributed by atoms with Gasteiger partial charge in [0.1, 0.15) is 17.2 Å². The Morgan fingerprint density at radius 1 is 1.14 bits per heavy atom. The number of carbonyl (C=O) groups excluding carboxylic acids is 1. The molecular weight excluding hydrogens is 580 g/mol. The minimum Gasteiger partial charge on any atom is -0.433 e. The van der Waals surface area contributed by atoms with Crippen molar-refractivity contribution in [2.24, 2.45) is 5.73 Å². The van der Waals surface area contributed by atoms with Crippen LogP contribution in [0.5, 0.6) is 5.75 Å². The summed E-state index contributed by atoms with van der Waals surface area (Å²) < 4.78 is 96.8. The van der Waals surface area contributed by atoms with Crippen LogP contribution < -0.4 is 15.4 Å². The molecule has 3 atom stereocenters. The molecule has 1 aromatic heterocycles. The Balaban J connectivity index is 1.52. The number of likely N-dealkylation sites (N-methyl/N-ethyl adjacent to an activating group) is 1. The monoisotopic (exact) mass is 611 g/mol. The van der Waals surface area contributed by atoms with E-state index in [-0.39, 0.29) is 47.4 Å². The Morgan fingerprint density at radius 3 is 2.49 bits per heavy atom. The SMILES string of the molecule is CCN1CC(c2nnc(-c3cc4c(cc3F)[C@](C)(F)C[C@H](N)C(=O)N4Cc3ccc(OC(C)(F)F)cc3)o2)CC(F)(F)C1. The number of hydrogen-bond donors (Lipinski definition) is 1. The number of carbonyl (C=O) groups is 1. The second kappa shape index (κ2) is 11.1. The fourth-order valence-corrected chi connectivity index (χ4v) is 5.62. The number of amides is 1. The van der Waals surface area contributed by atoms with Crippen LogP contribution in [0.1, 0.15) is 56.5 Å². The molecule has 1 amide bonds. The summed E-state index contributed by atoms with van der Waals surface area (Å²) in [4.78, 5) is 16.1. The number of halogens is 6. The van der Waals surface area contributed by atoms with Gasteiger partial charge in [0.15, 0.2) is 0 Å². The molecule has 1 fully saturated rings. The molecule has 0 spiro atoms. The third-order valence-corrected chi connectivity index (χ3v) is 7.63. The highest BCUT2D eigenvalue weighted by molar-refractivity contribution is 5.99. The number of rotatable bonds is 7. The van der Waals surface area contributed by atoms with Crippen LogP contribution in [0.15, 0.2) is 40.8 Å². The van der Waals surface area contributed by atoms with E-state index < -0.39 is 60.8 Å². The van der Waals surface area contributed by atoms with Gasteiger partial charge in [0.25, 0.3) is 11.8 Å². The normalized spacial score (nSPS) is 24.5. The van der Waals surface area contributed by atoms with E-state index >= 15 is 8.78 Å². The van der Waals surface area contributed by atoms with E-state index in [1.807, 2.05) is 0 Å². The molecule has 0 saturated carbocycles. The zero-order valence-corrected chi connectivity index (χ0v) is 23.7. The molecule has 8 nitrogen and oxygen atoms in total. The lowest BCUT2D eigenvalue weighted by atomic mass is 9.90. The molecular formula is C29H31F6N5O3. The molecule has 0 bridgehead atoms. The Labute approximate surface area is 243 Å². The number of hydrogen-bond acceptors (Lipinski definition) is 7. The number of fused-ring (bicyclic) bond motifs is 1. The molecule has 2 aromatic carbocycles. The summed E-state index contributed by atoms with van der Waals surface area (Å²) in [7, 11) is 0. The van der Waals surface area contributed by atoms with Crippen molar-refractivity contribution in [1.82, 2.24) is 15.1 Å². The van der Waals surface area contributed by atoms with Crippen LogP contribution >= 0.6 is 0 Å². The molecule has 2 N–H and O–H groups in total. The van der Waals surface area contributed by atoms with E-state index in [9.17, 15) is 22.4 Å². The van der Waals surface area contributed by atoms with Crippen LogP contribution in [0, 0.1) is 5.82 Å². The van der Waals surface area contributed by atoms with Crippen molar-refractivity contribution in [3.8, 4) is 17.2 Å². The number of ether oxygens (including phenoxy) is 1. The van der Waals surface area contributed by atoms with Crippen LogP contribution in [-0.4, -0.2) is 58.7 Å². The molecule has 3 heterocycles. The zero-order valence-electron chi connectivity index (χ0n) is 23.7. The van der Waals surface area contributed by atoms with Crippen molar-refractivity contribution < 1.29 is 40.3 Å². The fraction of sp³-hybridized carbons (Fsp3) is 0.483. The Hall–Kier alpha value is -3.65. The van der Waals surface area contributed by atoms with Crippen LogP contribution in [0.25, 0.3) is 11.5 Å². The minimum absolute atomic E-state index is 0.0131. The van der Waals surface area contributed by atoms with Crippen molar-refractivity contribution >= 4 is 11.6 Å². The van der Waals surface area contributed by atoms with Gasteiger partial charge in [0, 0.05) is 31.9 Å². The van der Waals surface area contributed by atoms with Crippen molar-refractivity contribution in [1.29, 1.82) is 0 Å². The van der Waals surface area contributed by atoms with Gasteiger partial charge in [-0.3, -0.25) is 9.69 Å².